The smallest absolute Gasteiger partial charge is 0.282 e. The number of aryl methyl sites for hydroxylation is 2. The maximum absolute atomic E-state index is 12.7. The second-order valence-corrected chi connectivity index (χ2v) is 6.16. The second kappa shape index (κ2) is 9.02. The molecule has 0 bridgehead atoms. The molecule has 1 radical (unpaired) electrons. The number of para-hydroxylation sites is 1. The Hall–Kier alpha value is -0.246. The van der Waals surface area contributed by atoms with Crippen LogP contribution in [0.5, 0.6) is 0 Å². The van der Waals surface area contributed by atoms with Crippen LogP contribution in [0.2, 0.25) is 0 Å². The largest absolute Gasteiger partial charge is 0.320 e. The Bertz CT molecular complexity index is 452. The minimum atomic E-state index is 0. The van der Waals surface area contributed by atoms with Crippen LogP contribution < -0.4 is 5.32 Å². The van der Waals surface area contributed by atoms with Crippen molar-refractivity contribution < 1.29 is 42.0 Å². The van der Waals surface area contributed by atoms with Crippen molar-refractivity contribution in [1.29, 1.82) is 0 Å². The molecule has 1 amide bonds. The van der Waals surface area contributed by atoms with Crippen LogP contribution in [0.4, 0.5) is 5.69 Å². The van der Waals surface area contributed by atoms with E-state index in [1.165, 1.54) is 0 Å². The molecule has 0 saturated carbocycles. The van der Waals surface area contributed by atoms with E-state index in [0.29, 0.717) is 0 Å². The molecule has 0 aliphatic rings. The summed E-state index contributed by atoms with van der Waals surface area (Å²) < 4.78 is 0.727. The Morgan fingerprint density at radius 1 is 1.19 bits per heavy atom. The molecular weight excluding hydrogens is 337 g/mol. The van der Waals surface area contributed by atoms with Crippen molar-refractivity contribution >= 4 is 11.6 Å². The molecule has 1 unspecified atom stereocenters. The summed E-state index contributed by atoms with van der Waals surface area (Å²) in [7, 11) is 4.26. The summed E-state index contributed by atoms with van der Waals surface area (Å²) in [5, 5.41) is 3.15. The first-order valence-corrected chi connectivity index (χ1v) is 7.53. The Morgan fingerprint density at radius 2 is 1.71 bits per heavy atom. The number of amides is 1. The summed E-state index contributed by atoms with van der Waals surface area (Å²) in [4.78, 5) is 12.7. The Kier molecular flexibility index (Phi) is 8.91. The normalized spacial score (nSPS) is 12.5. The van der Waals surface area contributed by atoms with Crippen LogP contribution in [0.1, 0.15) is 37.8 Å². The van der Waals surface area contributed by atoms with Gasteiger partial charge in [-0.15, -0.1) is 0 Å². The van der Waals surface area contributed by atoms with Gasteiger partial charge in [-0.25, -0.2) is 0 Å². The van der Waals surface area contributed by atoms with Crippen LogP contribution in [0.15, 0.2) is 18.2 Å². The molecule has 1 aromatic rings. The van der Waals surface area contributed by atoms with Crippen molar-refractivity contribution in [3.63, 3.8) is 0 Å². The number of anilines is 1. The fourth-order valence-electron chi connectivity index (χ4n) is 2.51. The molecule has 3 nitrogen and oxygen atoms in total. The molecule has 1 atom stereocenters. The van der Waals surface area contributed by atoms with E-state index in [0.717, 1.165) is 40.7 Å². The first kappa shape index (κ1) is 20.8. The van der Waals surface area contributed by atoms with Crippen molar-refractivity contribution in [2.45, 2.75) is 46.6 Å². The first-order valence-electron chi connectivity index (χ1n) is 7.53. The fraction of sp³-hybridized carbons (Fsp3) is 0.588. The Balaban J connectivity index is 0.00000400. The molecule has 0 saturated heterocycles. The summed E-state index contributed by atoms with van der Waals surface area (Å²) in [6, 6.07) is 6.11. The summed E-state index contributed by atoms with van der Waals surface area (Å²) in [5.74, 6) is 0.135. The zero-order valence-electron chi connectivity index (χ0n) is 14.4. The molecule has 1 N–H and O–H groups in total. The topological polar surface area (TPSA) is 29.1 Å². The van der Waals surface area contributed by atoms with Gasteiger partial charge in [-0.1, -0.05) is 25.1 Å². The third-order valence-electron chi connectivity index (χ3n) is 4.25. The van der Waals surface area contributed by atoms with Gasteiger partial charge in [-0.3, -0.25) is 4.79 Å². The van der Waals surface area contributed by atoms with Gasteiger partial charge < -0.3 is 9.80 Å². The fourth-order valence-corrected chi connectivity index (χ4v) is 2.51. The predicted octanol–water partition coefficient (Wildman–Crippen LogP) is 3.50. The number of likely N-dealkylation sites (N-methyl/N-ethyl adjacent to an activating group) is 1. The van der Waals surface area contributed by atoms with Gasteiger partial charge in [0.2, 0.25) is 0 Å². The second-order valence-electron chi connectivity index (χ2n) is 6.16. The van der Waals surface area contributed by atoms with E-state index in [2.05, 4.69) is 33.3 Å². The maximum atomic E-state index is 12.7. The van der Waals surface area contributed by atoms with Gasteiger partial charge in [-0.2, -0.15) is 0 Å². The molecule has 115 valence electrons. The van der Waals surface area contributed by atoms with E-state index in [4.69, 9.17) is 0 Å². The molecule has 21 heavy (non-hydrogen) atoms. The number of carbonyl (C=O) groups excluding carboxylic acids is 1. The molecule has 0 aromatic heterocycles. The van der Waals surface area contributed by atoms with Crippen molar-refractivity contribution in [3.8, 4) is 0 Å². The maximum Gasteiger partial charge on any atom is 0.282 e. The van der Waals surface area contributed by atoms with Gasteiger partial charge in [0.05, 0.1) is 20.6 Å². The summed E-state index contributed by atoms with van der Waals surface area (Å²) in [6.07, 6.45) is 1.93. The van der Waals surface area contributed by atoms with Gasteiger partial charge >= 0.3 is 0 Å². The van der Waals surface area contributed by atoms with Crippen molar-refractivity contribution in [1.82, 2.24) is 0 Å². The average Bonchev–Trinajstić information content (AvgIpc) is 2.40. The van der Waals surface area contributed by atoms with E-state index in [1.54, 1.807) is 0 Å². The van der Waals surface area contributed by atoms with Crippen LogP contribution in [-0.4, -0.2) is 37.1 Å². The van der Waals surface area contributed by atoms with Crippen molar-refractivity contribution in [2.75, 3.05) is 26.0 Å². The van der Waals surface area contributed by atoms with Crippen LogP contribution in [0, 0.1) is 13.8 Å². The van der Waals surface area contributed by atoms with E-state index in [1.807, 2.05) is 32.0 Å². The van der Waals surface area contributed by atoms with Gasteiger partial charge in [0.25, 0.3) is 5.91 Å². The molecule has 0 aliphatic carbocycles. The Morgan fingerprint density at radius 3 is 2.14 bits per heavy atom. The number of quaternary nitrogens is 1. The number of hydrogen-bond donors (Lipinski definition) is 1. The number of carbonyl (C=O) groups is 1. The summed E-state index contributed by atoms with van der Waals surface area (Å²) >= 11 is 0. The zero-order valence-corrected chi connectivity index (χ0v) is 17.2. The number of rotatable bonds is 6. The van der Waals surface area contributed by atoms with Crippen LogP contribution >= 0.6 is 0 Å². The Labute approximate surface area is 155 Å². The third kappa shape index (κ3) is 5.47. The number of nitrogens with one attached hydrogen (secondary N) is 1. The van der Waals surface area contributed by atoms with Crippen molar-refractivity contribution in [2.24, 2.45) is 0 Å². The number of nitrogens with zero attached hydrogens (tertiary/aromatic N) is 1. The third-order valence-corrected chi connectivity index (χ3v) is 4.25. The van der Waals surface area contributed by atoms with E-state index in [-0.39, 0.29) is 44.7 Å². The van der Waals surface area contributed by atoms with Gasteiger partial charge in [0.1, 0.15) is 0 Å². The monoisotopic (exact) mass is 366 g/mol. The molecule has 0 aliphatic heterocycles. The zero-order chi connectivity index (χ0) is 15.3. The quantitative estimate of drug-likeness (QED) is 0.767. The van der Waals surface area contributed by atoms with Crippen molar-refractivity contribution in [3.05, 3.63) is 29.3 Å². The predicted molar refractivity (Wildman–Crippen MR) is 85.9 cm³/mol. The minimum absolute atomic E-state index is 0. The van der Waals surface area contributed by atoms with Gasteiger partial charge in [0, 0.05) is 44.8 Å². The van der Waals surface area contributed by atoms with Crippen LogP contribution in [0.3, 0.4) is 0 Å². The van der Waals surface area contributed by atoms with Crippen LogP contribution in [0.25, 0.3) is 0 Å². The SMILES string of the molecule is CCCC(C(=O)Nc1c(C)cccc1C)[N+](C)(C)CC.[Y]. The van der Waals surface area contributed by atoms with E-state index < -0.39 is 0 Å². The molecule has 1 aromatic carbocycles. The molecule has 4 heteroatoms. The molecule has 1 rings (SSSR count). The molecule has 0 spiro atoms. The van der Waals surface area contributed by atoms with Gasteiger partial charge in [0.15, 0.2) is 6.04 Å². The van der Waals surface area contributed by atoms with E-state index in [9.17, 15) is 4.79 Å². The van der Waals surface area contributed by atoms with Gasteiger partial charge in [-0.05, 0) is 38.3 Å². The summed E-state index contributed by atoms with van der Waals surface area (Å²) in [5.41, 5.74) is 3.21. The molecule has 0 heterocycles. The first-order chi connectivity index (χ1) is 9.33. The average molecular weight is 366 g/mol. The van der Waals surface area contributed by atoms with E-state index >= 15 is 0 Å². The summed E-state index contributed by atoms with van der Waals surface area (Å²) in [6.45, 7) is 9.29. The minimum Gasteiger partial charge on any atom is -0.320 e. The standard InChI is InChI=1S/C17H28N2O.Y/c1-7-10-15(19(5,6)8-2)17(20)18-16-13(3)11-9-12-14(16)4;/h9,11-12,15H,7-8,10H2,1-6H3;/p+1. The molecular formula is C17H29N2OY+. The number of hydrogen-bond acceptors (Lipinski definition) is 1. The van der Waals surface area contributed by atoms with Crippen LogP contribution in [-0.2, 0) is 37.5 Å². The molecule has 0 fully saturated rings. The number of benzene rings is 1.